The van der Waals surface area contributed by atoms with Gasteiger partial charge in [0.25, 0.3) is 5.56 Å². The predicted molar refractivity (Wildman–Crippen MR) is 122 cm³/mol. The summed E-state index contributed by atoms with van der Waals surface area (Å²) in [7, 11) is -7.43. The highest BCUT2D eigenvalue weighted by Gasteiger charge is 2.51. The van der Waals surface area contributed by atoms with E-state index >= 15 is 0 Å². The molecule has 4 aromatic rings. The Kier molecular flexibility index (Phi) is 8.05. The number of benzene rings is 3. The van der Waals surface area contributed by atoms with Gasteiger partial charge in [-0.1, -0.05) is 54.6 Å². The zero-order valence-electron chi connectivity index (χ0n) is 17.4. The second-order valence-corrected chi connectivity index (χ2v) is 11.4. The number of nitrogens with zero attached hydrogens (tertiary/aromatic N) is 1. The number of halogens is 1. The molecule has 0 atom stereocenters. The minimum absolute atomic E-state index is 0.137. The topological polar surface area (TPSA) is 138 Å². The van der Waals surface area contributed by atoms with Crippen LogP contribution in [0.1, 0.15) is 5.82 Å². The maximum absolute atomic E-state index is 13.3. The number of aromatic amines is 1. The summed E-state index contributed by atoms with van der Waals surface area (Å²) in [6.45, 7) is 1.78. The van der Waals surface area contributed by atoms with E-state index in [-0.39, 0.29) is 5.56 Å². The average molecular weight is 503 g/mol. The normalized spacial score (nSPS) is 11.5. The molecule has 1 aromatic heterocycles. The van der Waals surface area contributed by atoms with Gasteiger partial charge in [-0.2, -0.15) is 0 Å². The van der Waals surface area contributed by atoms with Crippen molar-refractivity contribution in [3.8, 4) is 0 Å². The second kappa shape index (κ2) is 10.6. The first-order valence-corrected chi connectivity index (χ1v) is 13.1. The molecule has 0 saturated carbocycles. The lowest BCUT2D eigenvalue weighted by Gasteiger charge is -2.27. The number of rotatable bonds is 4. The van der Waals surface area contributed by atoms with Gasteiger partial charge in [-0.3, -0.25) is 4.79 Å². The van der Waals surface area contributed by atoms with Gasteiger partial charge in [0.1, 0.15) is 26.8 Å². The summed E-state index contributed by atoms with van der Waals surface area (Å²) < 4.78 is 34.0. The van der Waals surface area contributed by atoms with Gasteiger partial charge in [-0.05, 0) is 43.3 Å². The molecule has 0 amide bonds. The van der Waals surface area contributed by atoms with E-state index in [9.17, 15) is 4.79 Å². The molecule has 0 aliphatic carbocycles. The molecule has 0 unspecified atom stereocenters. The van der Waals surface area contributed by atoms with Crippen molar-refractivity contribution in [3.63, 3.8) is 0 Å². The molecule has 0 aliphatic rings. The van der Waals surface area contributed by atoms with E-state index in [1.807, 2.05) is 54.6 Å². The molecule has 0 spiro atoms. The molecular weight excluding hydrogens is 483 g/mol. The van der Waals surface area contributed by atoms with E-state index in [2.05, 4.69) is 59.0 Å². The molecule has 0 radical (unpaired) electrons. The first-order valence-electron chi connectivity index (χ1n) is 9.62. The van der Waals surface area contributed by atoms with Crippen LogP contribution in [-0.2, 0) is 0 Å². The van der Waals surface area contributed by atoms with Crippen LogP contribution in [0, 0.1) is 17.2 Å². The Morgan fingerprint density at radius 1 is 0.758 bits per heavy atom. The highest BCUT2D eigenvalue weighted by atomic mass is 35.7. The van der Waals surface area contributed by atoms with Crippen LogP contribution >= 0.6 is 19.9 Å². The summed E-state index contributed by atoms with van der Waals surface area (Å²) in [5, 5.41) is 4.40. The van der Waals surface area contributed by atoms with Crippen LogP contribution in [0.15, 0.2) is 101 Å². The lowest BCUT2D eigenvalue weighted by molar-refractivity contribution is -2.00. The van der Waals surface area contributed by atoms with E-state index in [0.717, 1.165) is 15.9 Å². The fourth-order valence-electron chi connectivity index (χ4n) is 3.66. The number of aryl methyl sites for hydroxylation is 1. The molecular formula is C23H20ClN2O5PS. The molecule has 0 fully saturated rings. The molecule has 1 N–H and O–H groups in total. The summed E-state index contributed by atoms with van der Waals surface area (Å²) in [5.74, 6) is 0.561. The molecule has 0 bridgehead atoms. The van der Waals surface area contributed by atoms with Crippen LogP contribution in [0.5, 0.6) is 0 Å². The van der Waals surface area contributed by atoms with Gasteiger partial charge in [0.15, 0.2) is 7.26 Å². The van der Waals surface area contributed by atoms with E-state index in [1.165, 1.54) is 0 Å². The van der Waals surface area contributed by atoms with Gasteiger partial charge in [0.05, 0.1) is 0 Å². The highest BCUT2D eigenvalue weighted by Crippen LogP contribution is 2.54. The fraction of sp³-hybridized carbons (Fsp3) is 0.0435. The Bertz CT molecular complexity index is 1150. The fourth-order valence-corrected chi connectivity index (χ4v) is 8.60. The quantitative estimate of drug-likeness (QED) is 0.192. The van der Waals surface area contributed by atoms with Gasteiger partial charge >= 0.3 is 0 Å². The SMILES string of the molecule is Cc1nc(S)c([P+](c2ccccc2)(c2ccccc2)c2ccccc2)c(=O)[nH]1.[O-][Cl+3]([O-])([O-])[O-]. The van der Waals surface area contributed by atoms with Gasteiger partial charge in [-0.15, -0.1) is 22.9 Å². The Morgan fingerprint density at radius 2 is 1.09 bits per heavy atom. The third kappa shape index (κ3) is 5.88. The minimum atomic E-state index is -4.94. The summed E-state index contributed by atoms with van der Waals surface area (Å²) in [6.07, 6.45) is 0. The molecule has 170 valence electrons. The predicted octanol–water partition coefficient (Wildman–Crippen LogP) is -1.77. The molecule has 0 saturated heterocycles. The molecule has 0 aliphatic heterocycles. The van der Waals surface area contributed by atoms with E-state index in [4.69, 9.17) is 18.6 Å². The lowest BCUT2D eigenvalue weighted by Crippen LogP contribution is -2.68. The first kappa shape index (κ1) is 25.1. The smallest absolute Gasteiger partial charge is 0.295 e. The van der Waals surface area contributed by atoms with Crippen molar-refractivity contribution >= 4 is 41.1 Å². The van der Waals surface area contributed by atoms with Crippen molar-refractivity contribution < 1.29 is 28.9 Å². The van der Waals surface area contributed by atoms with Gasteiger partial charge in [-0.25, -0.2) is 23.6 Å². The van der Waals surface area contributed by atoms with E-state index < -0.39 is 17.5 Å². The van der Waals surface area contributed by atoms with Crippen molar-refractivity contribution in [2.75, 3.05) is 0 Å². The third-order valence-corrected chi connectivity index (χ3v) is 9.56. The second-order valence-electron chi connectivity index (χ2n) is 6.88. The number of hydrogen-bond donors (Lipinski definition) is 2. The third-order valence-electron chi connectivity index (χ3n) is 4.76. The molecule has 1 heterocycles. The Balaban J connectivity index is 0.000000555. The van der Waals surface area contributed by atoms with Crippen LogP contribution < -0.4 is 45.4 Å². The standard InChI is InChI=1S/C23H19N2OPS.ClHO4/c1-17-24-22(26)21(23(28)25-17)27(18-11-5-2-6-12-18,19-13-7-3-8-14-19)20-15-9-4-10-16-20;2-1(3,4)5/h2-16H,1H3,(H-,24,25,26,28);(H,2,3,4,5). The van der Waals surface area contributed by atoms with Gasteiger partial charge in [0.2, 0.25) is 5.30 Å². The van der Waals surface area contributed by atoms with Gasteiger partial charge in [0, 0.05) is 0 Å². The minimum Gasteiger partial charge on any atom is -0.307 e. The average Bonchev–Trinajstić information content (AvgIpc) is 2.77. The van der Waals surface area contributed by atoms with Crippen molar-refractivity contribution in [1.82, 2.24) is 9.97 Å². The maximum Gasteiger partial charge on any atom is 0.295 e. The number of nitrogens with one attached hydrogen (secondary N) is 1. The largest absolute Gasteiger partial charge is 0.307 e. The van der Waals surface area contributed by atoms with E-state index in [1.54, 1.807) is 6.92 Å². The van der Waals surface area contributed by atoms with Crippen molar-refractivity contribution in [2.45, 2.75) is 11.9 Å². The van der Waals surface area contributed by atoms with Gasteiger partial charge < -0.3 is 4.98 Å². The molecule has 4 rings (SSSR count). The van der Waals surface area contributed by atoms with Crippen molar-refractivity contribution in [3.05, 3.63) is 107 Å². The maximum atomic E-state index is 13.3. The first-order chi connectivity index (χ1) is 15.6. The molecule has 7 nitrogen and oxygen atoms in total. The Labute approximate surface area is 198 Å². The van der Waals surface area contributed by atoms with Crippen LogP contribution in [0.2, 0.25) is 0 Å². The van der Waals surface area contributed by atoms with Crippen LogP contribution in [0.3, 0.4) is 0 Å². The zero-order chi connectivity index (χ0) is 24.1. The van der Waals surface area contributed by atoms with Crippen LogP contribution in [-0.4, -0.2) is 9.97 Å². The lowest BCUT2D eigenvalue weighted by atomic mass is 10.4. The summed E-state index contributed by atoms with van der Waals surface area (Å²) in [5.41, 5.74) is -0.137. The van der Waals surface area contributed by atoms with Crippen LogP contribution in [0.4, 0.5) is 0 Å². The molecule has 33 heavy (non-hydrogen) atoms. The Hall–Kier alpha value is -2.55. The number of aromatic nitrogens is 2. The highest BCUT2D eigenvalue weighted by molar-refractivity contribution is 8.02. The monoisotopic (exact) mass is 502 g/mol. The number of thiol groups is 1. The van der Waals surface area contributed by atoms with E-state index in [0.29, 0.717) is 16.2 Å². The number of H-pyrrole nitrogens is 1. The Morgan fingerprint density at radius 3 is 1.39 bits per heavy atom. The van der Waals surface area contributed by atoms with Crippen molar-refractivity contribution in [1.29, 1.82) is 0 Å². The van der Waals surface area contributed by atoms with Crippen LogP contribution in [0.25, 0.3) is 0 Å². The summed E-state index contributed by atoms with van der Waals surface area (Å²) in [6, 6.07) is 30.7. The molecule has 10 heteroatoms. The molecule has 3 aromatic carbocycles. The number of hydrogen-bond acceptors (Lipinski definition) is 7. The zero-order valence-corrected chi connectivity index (χ0v) is 20.0. The van der Waals surface area contributed by atoms with Crippen molar-refractivity contribution in [2.24, 2.45) is 0 Å². The summed E-state index contributed by atoms with van der Waals surface area (Å²) in [4.78, 5) is 20.7. The summed E-state index contributed by atoms with van der Waals surface area (Å²) >= 11 is 4.68.